The number of hydrogen-bond acceptors (Lipinski definition) is 4. The molecule has 0 spiro atoms. The average Bonchev–Trinajstić information content (AvgIpc) is 2.97. The molecule has 2 aromatic carbocycles. The number of alkyl carbamates (subject to hydrolysis) is 1. The number of carboxylic acids is 2. The van der Waals surface area contributed by atoms with E-state index in [0.717, 1.165) is 22.3 Å². The van der Waals surface area contributed by atoms with E-state index in [1.165, 1.54) is 0 Å². The van der Waals surface area contributed by atoms with Gasteiger partial charge in [0.25, 0.3) is 0 Å². The minimum absolute atomic E-state index is 0.0606. The zero-order valence-electron chi connectivity index (χ0n) is 14.4. The van der Waals surface area contributed by atoms with Gasteiger partial charge in [0.05, 0.1) is 0 Å². The molecule has 1 aliphatic rings. The molecular formula is C20H19NO6. The highest BCUT2D eigenvalue weighted by molar-refractivity contribution is 5.81. The Labute approximate surface area is 155 Å². The van der Waals surface area contributed by atoms with E-state index in [0.29, 0.717) is 0 Å². The molecular weight excluding hydrogens is 350 g/mol. The maximum atomic E-state index is 12.0. The van der Waals surface area contributed by atoms with Crippen LogP contribution in [0.25, 0.3) is 11.1 Å². The topological polar surface area (TPSA) is 113 Å². The smallest absolute Gasteiger partial charge is 0.407 e. The zero-order valence-corrected chi connectivity index (χ0v) is 14.4. The largest absolute Gasteiger partial charge is 0.481 e. The summed E-state index contributed by atoms with van der Waals surface area (Å²) in [6, 6.07) is 14.4. The summed E-state index contributed by atoms with van der Waals surface area (Å²) in [7, 11) is 0. The fourth-order valence-corrected chi connectivity index (χ4v) is 3.31. The van der Waals surface area contributed by atoms with Crippen molar-refractivity contribution in [3.05, 3.63) is 59.7 Å². The van der Waals surface area contributed by atoms with E-state index >= 15 is 0 Å². The molecule has 2 aromatic rings. The van der Waals surface area contributed by atoms with Crippen LogP contribution in [0.5, 0.6) is 0 Å². The molecule has 0 fully saturated rings. The number of fused-ring (bicyclic) bond motifs is 3. The van der Waals surface area contributed by atoms with E-state index in [1.807, 2.05) is 48.5 Å². The van der Waals surface area contributed by atoms with Crippen molar-refractivity contribution in [1.82, 2.24) is 5.32 Å². The number of ether oxygens (including phenoxy) is 1. The van der Waals surface area contributed by atoms with Gasteiger partial charge in [-0.1, -0.05) is 48.5 Å². The Bertz CT molecular complexity index is 833. The van der Waals surface area contributed by atoms with Crippen LogP contribution in [0.2, 0.25) is 0 Å². The van der Waals surface area contributed by atoms with Crippen molar-refractivity contribution in [2.45, 2.75) is 24.8 Å². The monoisotopic (exact) mass is 369 g/mol. The zero-order chi connectivity index (χ0) is 19.4. The quantitative estimate of drug-likeness (QED) is 0.692. The predicted molar refractivity (Wildman–Crippen MR) is 96.5 cm³/mol. The van der Waals surface area contributed by atoms with E-state index in [4.69, 9.17) is 14.9 Å². The summed E-state index contributed by atoms with van der Waals surface area (Å²) >= 11 is 0. The lowest BCUT2D eigenvalue weighted by Crippen LogP contribution is -2.41. The molecule has 0 radical (unpaired) electrons. The van der Waals surface area contributed by atoms with Gasteiger partial charge in [-0.25, -0.2) is 9.59 Å². The summed E-state index contributed by atoms with van der Waals surface area (Å²) in [5, 5.41) is 20.0. The van der Waals surface area contributed by atoms with E-state index in [9.17, 15) is 14.4 Å². The number of aliphatic carboxylic acids is 2. The van der Waals surface area contributed by atoms with E-state index in [1.54, 1.807) is 0 Å². The number of nitrogens with one attached hydrogen (secondary N) is 1. The lowest BCUT2D eigenvalue weighted by molar-refractivity contribution is -0.140. The second kappa shape index (κ2) is 7.90. The van der Waals surface area contributed by atoms with Crippen molar-refractivity contribution in [2.75, 3.05) is 6.61 Å². The van der Waals surface area contributed by atoms with Gasteiger partial charge in [0, 0.05) is 12.3 Å². The Balaban J connectivity index is 1.67. The molecule has 3 rings (SSSR count). The summed E-state index contributed by atoms with van der Waals surface area (Å²) in [4.78, 5) is 33.8. The van der Waals surface area contributed by atoms with Crippen molar-refractivity contribution in [2.24, 2.45) is 0 Å². The summed E-state index contributed by atoms with van der Waals surface area (Å²) < 4.78 is 5.27. The van der Waals surface area contributed by atoms with Gasteiger partial charge in [-0.05, 0) is 28.7 Å². The number of benzene rings is 2. The molecule has 0 unspecified atom stereocenters. The average molecular weight is 369 g/mol. The second-order valence-electron chi connectivity index (χ2n) is 6.29. The molecule has 0 bridgehead atoms. The first-order valence-corrected chi connectivity index (χ1v) is 8.53. The SMILES string of the molecule is O=C(O)CC[C@@H](NC(=O)OCC1c2ccccc2-c2ccccc21)C(=O)O. The van der Waals surface area contributed by atoms with Crippen molar-refractivity contribution >= 4 is 18.0 Å². The lowest BCUT2D eigenvalue weighted by Gasteiger charge is -2.17. The Morgan fingerprint density at radius 1 is 0.963 bits per heavy atom. The molecule has 3 N–H and O–H groups in total. The standard InChI is InChI=1S/C20H19NO6/c22-18(23)10-9-17(19(24)25)21-20(26)27-11-16-14-7-3-1-5-12(14)13-6-2-4-8-15(13)16/h1-8,16-17H,9-11H2,(H,21,26)(H,22,23)(H,24,25)/t17-/m1/s1. The molecule has 0 heterocycles. The van der Waals surface area contributed by atoms with E-state index in [-0.39, 0.29) is 25.4 Å². The van der Waals surface area contributed by atoms with Crippen LogP contribution in [0.3, 0.4) is 0 Å². The Kier molecular flexibility index (Phi) is 5.40. The maximum Gasteiger partial charge on any atom is 0.407 e. The van der Waals surface area contributed by atoms with Crippen LogP contribution < -0.4 is 5.32 Å². The number of rotatable bonds is 7. The number of hydrogen-bond donors (Lipinski definition) is 3. The van der Waals surface area contributed by atoms with Crippen LogP contribution in [-0.2, 0) is 14.3 Å². The second-order valence-corrected chi connectivity index (χ2v) is 6.29. The molecule has 1 aliphatic carbocycles. The van der Waals surface area contributed by atoms with E-state index in [2.05, 4.69) is 5.32 Å². The molecule has 0 aromatic heterocycles. The van der Waals surface area contributed by atoms with Crippen molar-refractivity contribution in [3.8, 4) is 11.1 Å². The molecule has 0 saturated carbocycles. The van der Waals surface area contributed by atoms with Crippen LogP contribution >= 0.6 is 0 Å². The van der Waals surface area contributed by atoms with Gasteiger partial charge < -0.3 is 20.3 Å². The van der Waals surface area contributed by atoms with Gasteiger partial charge in [-0.2, -0.15) is 0 Å². The fourth-order valence-electron chi connectivity index (χ4n) is 3.31. The Morgan fingerprint density at radius 2 is 1.52 bits per heavy atom. The number of carbonyl (C=O) groups is 3. The Morgan fingerprint density at radius 3 is 2.04 bits per heavy atom. The van der Waals surface area contributed by atoms with Crippen LogP contribution in [0.4, 0.5) is 4.79 Å². The van der Waals surface area contributed by atoms with Gasteiger partial charge in [0.2, 0.25) is 0 Å². The van der Waals surface area contributed by atoms with Crippen molar-refractivity contribution in [3.63, 3.8) is 0 Å². The summed E-state index contributed by atoms with van der Waals surface area (Å²) in [6.45, 7) is 0.0606. The normalized spacial score (nSPS) is 13.3. The maximum absolute atomic E-state index is 12.0. The minimum Gasteiger partial charge on any atom is -0.481 e. The number of carbonyl (C=O) groups excluding carboxylic acids is 1. The van der Waals surface area contributed by atoms with Gasteiger partial charge in [-0.15, -0.1) is 0 Å². The summed E-state index contributed by atoms with van der Waals surface area (Å²) in [5.74, 6) is -2.56. The van der Waals surface area contributed by atoms with Crippen molar-refractivity contribution in [1.29, 1.82) is 0 Å². The van der Waals surface area contributed by atoms with E-state index < -0.39 is 24.1 Å². The fraction of sp³-hybridized carbons (Fsp3) is 0.250. The first-order chi connectivity index (χ1) is 13.0. The van der Waals surface area contributed by atoms with Crippen LogP contribution in [0.15, 0.2) is 48.5 Å². The molecule has 0 saturated heterocycles. The van der Waals surface area contributed by atoms with Gasteiger partial charge >= 0.3 is 18.0 Å². The third kappa shape index (κ3) is 4.08. The lowest BCUT2D eigenvalue weighted by atomic mass is 9.98. The van der Waals surface area contributed by atoms with Crippen LogP contribution in [0.1, 0.15) is 29.9 Å². The van der Waals surface area contributed by atoms with Gasteiger partial charge in [0.1, 0.15) is 12.6 Å². The van der Waals surface area contributed by atoms with Crippen LogP contribution in [-0.4, -0.2) is 40.9 Å². The van der Waals surface area contributed by atoms with Crippen molar-refractivity contribution < 1.29 is 29.3 Å². The highest BCUT2D eigenvalue weighted by Gasteiger charge is 2.29. The third-order valence-electron chi connectivity index (χ3n) is 4.58. The molecule has 1 atom stereocenters. The Hall–Kier alpha value is -3.35. The highest BCUT2D eigenvalue weighted by atomic mass is 16.5. The summed E-state index contributed by atoms with van der Waals surface area (Å²) in [5.41, 5.74) is 4.28. The molecule has 27 heavy (non-hydrogen) atoms. The molecule has 140 valence electrons. The molecule has 0 aliphatic heterocycles. The van der Waals surface area contributed by atoms with Gasteiger partial charge in [0.15, 0.2) is 0 Å². The molecule has 1 amide bonds. The first kappa shape index (κ1) is 18.4. The highest BCUT2D eigenvalue weighted by Crippen LogP contribution is 2.44. The molecule has 7 heteroatoms. The number of carboxylic acid groups (broad SMARTS) is 2. The predicted octanol–water partition coefficient (Wildman–Crippen LogP) is 2.84. The minimum atomic E-state index is -1.31. The summed E-state index contributed by atoms with van der Waals surface area (Å²) in [6.07, 6.45) is -1.45. The molecule has 7 nitrogen and oxygen atoms in total. The number of amides is 1. The third-order valence-corrected chi connectivity index (χ3v) is 4.58. The first-order valence-electron chi connectivity index (χ1n) is 8.53. The van der Waals surface area contributed by atoms with Gasteiger partial charge in [-0.3, -0.25) is 4.79 Å². The van der Waals surface area contributed by atoms with Crippen LogP contribution in [0, 0.1) is 0 Å².